The third kappa shape index (κ3) is 8.04. The zero-order chi connectivity index (χ0) is 10.1. The van der Waals surface area contributed by atoms with Crippen LogP contribution in [0.1, 0.15) is 52.9 Å². The number of hydrogen-bond donors (Lipinski definition) is 1. The van der Waals surface area contributed by atoms with Crippen LogP contribution in [0.2, 0.25) is 0 Å². The van der Waals surface area contributed by atoms with Crippen molar-refractivity contribution in [2.75, 3.05) is 6.61 Å². The molecular formula is C12H24O. The van der Waals surface area contributed by atoms with Gasteiger partial charge in [-0.25, -0.2) is 0 Å². The maximum absolute atomic E-state index is 8.65. The molecule has 0 aromatic heterocycles. The first kappa shape index (κ1) is 12.7. The summed E-state index contributed by atoms with van der Waals surface area (Å²) in [4.78, 5) is 0. The molecule has 0 fully saturated rings. The zero-order valence-electron chi connectivity index (χ0n) is 9.34. The second-order valence-corrected chi connectivity index (χ2v) is 4.02. The van der Waals surface area contributed by atoms with Crippen molar-refractivity contribution in [3.63, 3.8) is 0 Å². The van der Waals surface area contributed by atoms with Crippen LogP contribution in [0.4, 0.5) is 0 Å². The van der Waals surface area contributed by atoms with Crippen LogP contribution in [0.15, 0.2) is 11.6 Å². The Balaban J connectivity index is 3.38. The predicted molar refractivity (Wildman–Crippen MR) is 58.8 cm³/mol. The van der Waals surface area contributed by atoms with E-state index in [0.29, 0.717) is 0 Å². The average molecular weight is 184 g/mol. The lowest BCUT2D eigenvalue weighted by Crippen LogP contribution is -1.94. The van der Waals surface area contributed by atoms with Gasteiger partial charge in [0, 0.05) is 0 Å². The van der Waals surface area contributed by atoms with E-state index in [2.05, 4.69) is 20.8 Å². The molecule has 0 heterocycles. The molecule has 0 saturated carbocycles. The summed E-state index contributed by atoms with van der Waals surface area (Å²) in [6.45, 7) is 6.86. The summed E-state index contributed by atoms with van der Waals surface area (Å²) in [5.74, 6) is 0.868. The van der Waals surface area contributed by atoms with Crippen molar-refractivity contribution in [2.24, 2.45) is 5.92 Å². The second kappa shape index (κ2) is 8.31. The second-order valence-electron chi connectivity index (χ2n) is 4.02. The number of hydrogen-bond acceptors (Lipinski definition) is 1. The molecule has 78 valence electrons. The van der Waals surface area contributed by atoms with Gasteiger partial charge >= 0.3 is 0 Å². The van der Waals surface area contributed by atoms with Crippen LogP contribution in [0, 0.1) is 5.92 Å². The van der Waals surface area contributed by atoms with Crippen molar-refractivity contribution in [3.8, 4) is 0 Å². The highest BCUT2D eigenvalue weighted by molar-refractivity contribution is 4.97. The molecule has 1 N–H and O–H groups in total. The van der Waals surface area contributed by atoms with Gasteiger partial charge in [-0.3, -0.25) is 0 Å². The Bertz CT molecular complexity index is 138. The number of aliphatic hydroxyl groups excluding tert-OH is 1. The monoisotopic (exact) mass is 184 g/mol. The fraction of sp³-hybridized carbons (Fsp3) is 0.833. The van der Waals surface area contributed by atoms with Crippen LogP contribution in [0.3, 0.4) is 0 Å². The molecular weight excluding hydrogens is 160 g/mol. The molecule has 0 saturated heterocycles. The summed E-state index contributed by atoms with van der Waals surface area (Å²) in [7, 11) is 0. The van der Waals surface area contributed by atoms with Crippen LogP contribution in [-0.2, 0) is 0 Å². The minimum atomic E-state index is 0.191. The standard InChI is InChI=1S/C12H24O/c1-4-6-11(2)7-5-8-12(3)9-10-13/h9,11,13H,4-8,10H2,1-3H3. The van der Waals surface area contributed by atoms with Crippen molar-refractivity contribution in [2.45, 2.75) is 52.9 Å². The fourth-order valence-corrected chi connectivity index (χ4v) is 1.62. The van der Waals surface area contributed by atoms with Crippen molar-refractivity contribution in [1.29, 1.82) is 0 Å². The summed E-state index contributed by atoms with van der Waals surface area (Å²) in [6.07, 6.45) is 8.29. The quantitative estimate of drug-likeness (QED) is 0.600. The van der Waals surface area contributed by atoms with Gasteiger partial charge in [0.1, 0.15) is 0 Å². The van der Waals surface area contributed by atoms with Crippen molar-refractivity contribution < 1.29 is 5.11 Å². The smallest absolute Gasteiger partial charge is 0.0614 e. The van der Waals surface area contributed by atoms with Crippen LogP contribution >= 0.6 is 0 Å². The molecule has 0 aromatic rings. The van der Waals surface area contributed by atoms with E-state index in [-0.39, 0.29) is 6.61 Å². The lowest BCUT2D eigenvalue weighted by atomic mass is 9.98. The number of rotatable bonds is 7. The Morgan fingerprint density at radius 1 is 1.38 bits per heavy atom. The van der Waals surface area contributed by atoms with Crippen molar-refractivity contribution in [3.05, 3.63) is 11.6 Å². The SMILES string of the molecule is CCCC(C)CCCC(C)=CCO. The Morgan fingerprint density at radius 2 is 2.08 bits per heavy atom. The van der Waals surface area contributed by atoms with E-state index < -0.39 is 0 Å². The summed E-state index contributed by atoms with van der Waals surface area (Å²) in [6, 6.07) is 0. The van der Waals surface area contributed by atoms with E-state index in [1.807, 2.05) is 6.08 Å². The Morgan fingerprint density at radius 3 is 2.62 bits per heavy atom. The van der Waals surface area contributed by atoms with Gasteiger partial charge in [0.25, 0.3) is 0 Å². The van der Waals surface area contributed by atoms with Gasteiger partial charge in [-0.1, -0.05) is 44.8 Å². The Hall–Kier alpha value is -0.300. The number of allylic oxidation sites excluding steroid dienone is 1. The molecule has 1 unspecified atom stereocenters. The molecule has 0 aliphatic rings. The van der Waals surface area contributed by atoms with Gasteiger partial charge < -0.3 is 5.11 Å². The molecule has 0 bridgehead atoms. The maximum atomic E-state index is 8.65. The maximum Gasteiger partial charge on any atom is 0.0614 e. The molecule has 0 aliphatic heterocycles. The molecule has 1 heteroatoms. The molecule has 0 aliphatic carbocycles. The van der Waals surface area contributed by atoms with E-state index in [1.165, 1.54) is 31.3 Å². The van der Waals surface area contributed by atoms with E-state index in [1.54, 1.807) is 0 Å². The van der Waals surface area contributed by atoms with E-state index >= 15 is 0 Å². The van der Waals surface area contributed by atoms with Gasteiger partial charge in [0.15, 0.2) is 0 Å². The van der Waals surface area contributed by atoms with Crippen molar-refractivity contribution in [1.82, 2.24) is 0 Å². The van der Waals surface area contributed by atoms with Gasteiger partial charge in [-0.2, -0.15) is 0 Å². The molecule has 1 atom stereocenters. The largest absolute Gasteiger partial charge is 0.392 e. The molecule has 0 spiro atoms. The minimum absolute atomic E-state index is 0.191. The first-order valence-electron chi connectivity index (χ1n) is 5.47. The molecule has 1 nitrogen and oxygen atoms in total. The molecule has 13 heavy (non-hydrogen) atoms. The molecule has 0 aromatic carbocycles. The molecule has 0 radical (unpaired) electrons. The fourth-order valence-electron chi connectivity index (χ4n) is 1.62. The first-order chi connectivity index (χ1) is 6.20. The first-order valence-corrected chi connectivity index (χ1v) is 5.47. The van der Waals surface area contributed by atoms with E-state index in [0.717, 1.165) is 12.3 Å². The summed E-state index contributed by atoms with van der Waals surface area (Å²) < 4.78 is 0. The summed E-state index contributed by atoms with van der Waals surface area (Å²) in [5.41, 5.74) is 1.33. The van der Waals surface area contributed by atoms with Crippen molar-refractivity contribution >= 4 is 0 Å². The third-order valence-electron chi connectivity index (χ3n) is 2.49. The highest BCUT2D eigenvalue weighted by Crippen LogP contribution is 2.15. The highest BCUT2D eigenvalue weighted by atomic mass is 16.2. The molecule has 0 amide bonds. The minimum Gasteiger partial charge on any atom is -0.392 e. The van der Waals surface area contributed by atoms with E-state index in [4.69, 9.17) is 5.11 Å². The normalized spacial score (nSPS) is 14.6. The van der Waals surface area contributed by atoms with Crippen LogP contribution < -0.4 is 0 Å². The van der Waals surface area contributed by atoms with Crippen LogP contribution in [0.25, 0.3) is 0 Å². The Labute approximate surface area is 82.9 Å². The predicted octanol–water partition coefficient (Wildman–Crippen LogP) is 3.53. The summed E-state index contributed by atoms with van der Waals surface area (Å²) >= 11 is 0. The summed E-state index contributed by atoms with van der Waals surface area (Å²) in [5, 5.41) is 8.65. The van der Waals surface area contributed by atoms with Gasteiger partial charge in [-0.05, 0) is 25.7 Å². The highest BCUT2D eigenvalue weighted by Gasteiger charge is 2.00. The van der Waals surface area contributed by atoms with Gasteiger partial charge in [0.2, 0.25) is 0 Å². The number of aliphatic hydroxyl groups is 1. The Kier molecular flexibility index (Phi) is 8.11. The zero-order valence-corrected chi connectivity index (χ0v) is 9.34. The van der Waals surface area contributed by atoms with E-state index in [9.17, 15) is 0 Å². The van der Waals surface area contributed by atoms with Crippen LogP contribution in [0.5, 0.6) is 0 Å². The third-order valence-corrected chi connectivity index (χ3v) is 2.49. The van der Waals surface area contributed by atoms with Gasteiger partial charge in [-0.15, -0.1) is 0 Å². The van der Waals surface area contributed by atoms with Gasteiger partial charge in [0.05, 0.1) is 6.61 Å². The lowest BCUT2D eigenvalue weighted by molar-refractivity contribution is 0.341. The van der Waals surface area contributed by atoms with Crippen LogP contribution in [-0.4, -0.2) is 11.7 Å². The lowest BCUT2D eigenvalue weighted by Gasteiger charge is -2.09. The average Bonchev–Trinajstić information content (AvgIpc) is 2.05. The topological polar surface area (TPSA) is 20.2 Å². The molecule has 0 rings (SSSR count).